The van der Waals surface area contributed by atoms with E-state index in [1.165, 1.54) is 10.9 Å². The molecule has 3 aromatic rings. The van der Waals surface area contributed by atoms with E-state index in [0.29, 0.717) is 0 Å². The Morgan fingerprint density at radius 2 is 1.60 bits per heavy atom. The van der Waals surface area contributed by atoms with Gasteiger partial charge in [-0.3, -0.25) is 0 Å². The summed E-state index contributed by atoms with van der Waals surface area (Å²) in [6, 6.07) is 16.1. The zero-order chi connectivity index (χ0) is 14.3. The molecule has 0 N–H and O–H groups in total. The number of aryl methyl sites for hydroxylation is 3. The first-order chi connectivity index (χ1) is 9.59. The fourth-order valence-corrected chi connectivity index (χ4v) is 3.94. The quantitative estimate of drug-likeness (QED) is 0.697. The molecule has 0 fully saturated rings. The zero-order valence-corrected chi connectivity index (χ0v) is 12.7. The highest BCUT2D eigenvalue weighted by atomic mass is 32.2. The molecular formula is C17H17NOS. The molecule has 1 heterocycles. The zero-order valence-electron chi connectivity index (χ0n) is 11.9. The first-order valence-corrected chi connectivity index (χ1v) is 7.77. The highest BCUT2D eigenvalue weighted by Crippen LogP contribution is 2.29. The predicted octanol–water partition coefficient (Wildman–Crippen LogP) is 3.96. The number of fused-ring (bicyclic) bond motifs is 1. The van der Waals surface area contributed by atoms with E-state index in [1.807, 2.05) is 61.9 Å². The van der Waals surface area contributed by atoms with Crippen LogP contribution in [-0.4, -0.2) is 8.78 Å². The van der Waals surface area contributed by atoms with Gasteiger partial charge < -0.3 is 4.57 Å². The van der Waals surface area contributed by atoms with Crippen LogP contribution in [0.1, 0.15) is 11.1 Å². The van der Waals surface area contributed by atoms with Crippen LogP contribution in [0.3, 0.4) is 0 Å². The number of benzene rings is 2. The molecule has 0 aliphatic rings. The lowest BCUT2D eigenvalue weighted by molar-refractivity contribution is 0.673. The van der Waals surface area contributed by atoms with E-state index < -0.39 is 10.8 Å². The molecule has 0 saturated heterocycles. The summed E-state index contributed by atoms with van der Waals surface area (Å²) < 4.78 is 14.9. The number of aromatic nitrogens is 1. The van der Waals surface area contributed by atoms with Gasteiger partial charge in [0.25, 0.3) is 0 Å². The van der Waals surface area contributed by atoms with Gasteiger partial charge in [0.1, 0.15) is 15.8 Å². The third kappa shape index (κ3) is 1.98. The fraction of sp³-hybridized carbons (Fsp3) is 0.176. The molecule has 0 spiro atoms. The van der Waals surface area contributed by atoms with Crippen molar-refractivity contribution in [3.8, 4) is 0 Å². The van der Waals surface area contributed by atoms with Crippen molar-refractivity contribution in [1.29, 1.82) is 0 Å². The summed E-state index contributed by atoms with van der Waals surface area (Å²) >= 11 is 0. The summed E-state index contributed by atoms with van der Waals surface area (Å²) in [5.74, 6) is 0. The molecule has 0 bridgehead atoms. The van der Waals surface area contributed by atoms with Crippen molar-refractivity contribution in [2.75, 3.05) is 0 Å². The summed E-state index contributed by atoms with van der Waals surface area (Å²) in [6.07, 6.45) is 0. The van der Waals surface area contributed by atoms with Crippen molar-refractivity contribution in [3.63, 3.8) is 0 Å². The van der Waals surface area contributed by atoms with Gasteiger partial charge in [-0.1, -0.05) is 35.9 Å². The molecule has 0 amide bonds. The van der Waals surface area contributed by atoms with E-state index in [-0.39, 0.29) is 0 Å². The van der Waals surface area contributed by atoms with E-state index in [0.717, 1.165) is 21.0 Å². The molecule has 0 saturated carbocycles. The third-order valence-corrected chi connectivity index (χ3v) is 5.34. The maximum atomic E-state index is 12.9. The molecule has 0 aliphatic heterocycles. The number of para-hydroxylation sites is 1. The van der Waals surface area contributed by atoms with Crippen LogP contribution in [-0.2, 0) is 17.8 Å². The number of hydrogen-bond acceptors (Lipinski definition) is 1. The predicted molar refractivity (Wildman–Crippen MR) is 83.5 cm³/mol. The van der Waals surface area contributed by atoms with Crippen molar-refractivity contribution < 1.29 is 4.21 Å². The van der Waals surface area contributed by atoms with Crippen molar-refractivity contribution in [2.24, 2.45) is 7.05 Å². The first-order valence-electron chi connectivity index (χ1n) is 6.62. The summed E-state index contributed by atoms with van der Waals surface area (Å²) in [5.41, 5.74) is 3.40. The van der Waals surface area contributed by atoms with E-state index in [4.69, 9.17) is 0 Å². The Morgan fingerprint density at radius 1 is 0.950 bits per heavy atom. The molecule has 0 aliphatic carbocycles. The summed E-state index contributed by atoms with van der Waals surface area (Å²) in [7, 11) is 0.835. The number of nitrogens with zero attached hydrogens (tertiary/aromatic N) is 1. The van der Waals surface area contributed by atoms with E-state index in [1.54, 1.807) is 0 Å². The van der Waals surface area contributed by atoms with Crippen LogP contribution in [0.15, 0.2) is 58.5 Å². The minimum Gasteiger partial charge on any atom is -0.336 e. The molecule has 0 radical (unpaired) electrons. The second-order valence-electron chi connectivity index (χ2n) is 5.09. The van der Waals surface area contributed by atoms with Gasteiger partial charge in [-0.05, 0) is 37.6 Å². The standard InChI is InChI=1S/C17H17NOS/c1-12-8-10-14(11-9-12)20(19)17-13(2)15-6-4-5-7-16(15)18(17)3/h4-11H,1-3H3. The van der Waals surface area contributed by atoms with Gasteiger partial charge >= 0.3 is 0 Å². The number of rotatable bonds is 2. The largest absolute Gasteiger partial charge is 0.336 e. The maximum absolute atomic E-state index is 12.9. The van der Waals surface area contributed by atoms with Crippen LogP contribution in [0.25, 0.3) is 10.9 Å². The molecule has 3 heteroatoms. The summed E-state index contributed by atoms with van der Waals surface area (Å²) in [6.45, 7) is 4.08. The SMILES string of the molecule is Cc1ccc(S(=O)c2c(C)c3ccccc3n2C)cc1. The van der Waals surface area contributed by atoms with E-state index in [2.05, 4.69) is 12.1 Å². The van der Waals surface area contributed by atoms with Crippen molar-refractivity contribution in [3.05, 3.63) is 59.7 Å². The van der Waals surface area contributed by atoms with Crippen molar-refractivity contribution in [1.82, 2.24) is 4.57 Å². The molecule has 3 rings (SSSR count). The molecule has 1 unspecified atom stereocenters. The number of hydrogen-bond donors (Lipinski definition) is 0. The Bertz CT molecular complexity index is 761. The summed E-state index contributed by atoms with van der Waals surface area (Å²) in [4.78, 5) is 0.851. The highest BCUT2D eigenvalue weighted by Gasteiger charge is 2.18. The minimum absolute atomic E-state index is 0.851. The summed E-state index contributed by atoms with van der Waals surface area (Å²) in [5, 5.41) is 2.06. The van der Waals surface area contributed by atoms with Crippen LogP contribution in [0.5, 0.6) is 0 Å². The second-order valence-corrected chi connectivity index (χ2v) is 6.48. The molecule has 1 atom stereocenters. The van der Waals surface area contributed by atoms with Gasteiger partial charge in [-0.15, -0.1) is 0 Å². The van der Waals surface area contributed by atoms with Crippen molar-refractivity contribution in [2.45, 2.75) is 23.8 Å². The minimum atomic E-state index is -1.15. The lowest BCUT2D eigenvalue weighted by Gasteiger charge is -2.06. The van der Waals surface area contributed by atoms with E-state index >= 15 is 0 Å². The van der Waals surface area contributed by atoms with Gasteiger partial charge in [0.2, 0.25) is 0 Å². The highest BCUT2D eigenvalue weighted by molar-refractivity contribution is 7.85. The smallest absolute Gasteiger partial charge is 0.115 e. The Morgan fingerprint density at radius 3 is 2.25 bits per heavy atom. The topological polar surface area (TPSA) is 22.0 Å². The fourth-order valence-electron chi connectivity index (χ4n) is 2.60. The molecule has 2 nitrogen and oxygen atoms in total. The molecular weight excluding hydrogens is 266 g/mol. The van der Waals surface area contributed by atoms with E-state index in [9.17, 15) is 4.21 Å². The van der Waals surface area contributed by atoms with Gasteiger partial charge in [0.05, 0.1) is 0 Å². The Hall–Kier alpha value is -1.87. The van der Waals surface area contributed by atoms with Gasteiger partial charge in [-0.25, -0.2) is 4.21 Å². The van der Waals surface area contributed by atoms with Gasteiger partial charge in [0.15, 0.2) is 0 Å². The van der Waals surface area contributed by atoms with Crippen LogP contribution in [0.2, 0.25) is 0 Å². The van der Waals surface area contributed by atoms with Crippen LogP contribution < -0.4 is 0 Å². The Labute approximate surface area is 121 Å². The van der Waals surface area contributed by atoms with Crippen LogP contribution in [0.4, 0.5) is 0 Å². The van der Waals surface area contributed by atoms with Crippen LogP contribution >= 0.6 is 0 Å². The molecule has 1 aromatic heterocycles. The van der Waals surface area contributed by atoms with Gasteiger partial charge in [0, 0.05) is 22.8 Å². The Kier molecular flexibility index (Phi) is 3.22. The molecule has 102 valence electrons. The Balaban J connectivity index is 2.19. The third-order valence-electron chi connectivity index (χ3n) is 3.71. The maximum Gasteiger partial charge on any atom is 0.115 e. The van der Waals surface area contributed by atoms with Crippen LogP contribution in [0, 0.1) is 13.8 Å². The average molecular weight is 283 g/mol. The van der Waals surface area contributed by atoms with Gasteiger partial charge in [-0.2, -0.15) is 0 Å². The monoisotopic (exact) mass is 283 g/mol. The average Bonchev–Trinajstić information content (AvgIpc) is 2.72. The lowest BCUT2D eigenvalue weighted by atomic mass is 10.2. The van der Waals surface area contributed by atoms with Crippen molar-refractivity contribution >= 4 is 21.7 Å². The molecule has 2 aromatic carbocycles. The molecule has 20 heavy (non-hydrogen) atoms. The second kappa shape index (κ2) is 4.91. The normalized spacial score (nSPS) is 12.8. The lowest BCUT2D eigenvalue weighted by Crippen LogP contribution is -2.02. The first kappa shape index (κ1) is 13.1.